The molecule has 1 aliphatic heterocycles. The number of carbonyl (C=O) groups excluding carboxylic acids is 2. The Hall–Kier alpha value is -6.41. The van der Waals surface area contributed by atoms with Gasteiger partial charge >= 0.3 is 0 Å². The van der Waals surface area contributed by atoms with Crippen molar-refractivity contribution in [1.82, 2.24) is 44.4 Å². The number of aromatic nitrogens is 8. The first kappa shape index (κ1) is 42.5. The number of para-hydroxylation sites is 1. The Kier molecular flexibility index (Phi) is 12.2. The fraction of sp³-hybridized carbons (Fsp3) is 0.348. The number of morpholine rings is 1. The molecule has 0 unspecified atom stereocenters. The number of nitrogens with zero attached hydrogens (tertiary/aromatic N) is 9. The number of nitrogens with one attached hydrogen (secondary N) is 4. The average Bonchev–Trinajstić information content (AvgIpc) is 4.06. The fourth-order valence-electron chi connectivity index (χ4n) is 8.73. The van der Waals surface area contributed by atoms with E-state index in [0.717, 1.165) is 136 Å². The van der Waals surface area contributed by atoms with Crippen molar-refractivity contribution in [3.05, 3.63) is 89.3 Å². The highest BCUT2D eigenvalue weighted by molar-refractivity contribution is 7.19. The maximum absolute atomic E-state index is 15.4. The van der Waals surface area contributed by atoms with Crippen LogP contribution < -0.4 is 21.3 Å². The standard InChI is InChI=1S/C46H48FN13O3S2/c1-48-35-15-13-27(25-50-35)39-29-7-5-10-32-43(41(29)59(56-39)20-19-58-21-23-63-24-22-58)64-45(52-32)54-37(61)17-18-38(62)55-46-53-33-11-6-8-30-40(28-14-16-36(49-2)51-26-28)57-60(42(30)44(33)65-46)34-12-4-3-9-31(34)47/h3-4,9,12-16,25-26H,5-8,10-11,17-24H2,1-2H3,(H,48,50)(H,49,51)(H,52,54,61)(H,53,55,62). The van der Waals surface area contributed by atoms with E-state index < -0.39 is 5.82 Å². The van der Waals surface area contributed by atoms with Crippen LogP contribution in [0.3, 0.4) is 0 Å². The summed E-state index contributed by atoms with van der Waals surface area (Å²) >= 11 is 2.78. The molecule has 0 radical (unpaired) electrons. The summed E-state index contributed by atoms with van der Waals surface area (Å²) in [5, 5.41) is 23.1. The number of aryl methyl sites for hydroxylation is 2. The molecule has 7 heterocycles. The van der Waals surface area contributed by atoms with E-state index in [1.54, 1.807) is 29.1 Å². The summed E-state index contributed by atoms with van der Waals surface area (Å²) < 4.78 is 24.8. The molecule has 2 aliphatic carbocycles. The van der Waals surface area contributed by atoms with Crippen LogP contribution in [-0.4, -0.2) is 103 Å². The number of carbonyl (C=O) groups is 2. The van der Waals surface area contributed by atoms with Gasteiger partial charge in [-0.1, -0.05) is 34.8 Å². The van der Waals surface area contributed by atoms with Crippen molar-refractivity contribution in [2.45, 2.75) is 57.9 Å². The Bertz CT molecular complexity index is 2860. The molecule has 1 fully saturated rings. The van der Waals surface area contributed by atoms with Gasteiger partial charge in [-0.2, -0.15) is 10.2 Å². The fourth-order valence-corrected chi connectivity index (χ4v) is 10.9. The van der Waals surface area contributed by atoms with E-state index in [0.29, 0.717) is 35.3 Å². The molecular weight excluding hydrogens is 866 g/mol. The number of halogens is 1. The first-order valence-corrected chi connectivity index (χ1v) is 23.6. The summed E-state index contributed by atoms with van der Waals surface area (Å²) in [6.07, 6.45) is 8.20. The third-order valence-corrected chi connectivity index (χ3v) is 14.0. The number of benzene rings is 1. The van der Waals surface area contributed by atoms with Gasteiger partial charge in [0.25, 0.3) is 0 Å². The monoisotopic (exact) mass is 913 g/mol. The van der Waals surface area contributed by atoms with Crippen molar-refractivity contribution in [3.63, 3.8) is 0 Å². The van der Waals surface area contributed by atoms with Gasteiger partial charge in [0, 0.05) is 81.2 Å². The molecule has 6 aromatic heterocycles. The Morgan fingerprint density at radius 2 is 1.28 bits per heavy atom. The summed E-state index contributed by atoms with van der Waals surface area (Å²) in [5.41, 5.74) is 9.38. The van der Waals surface area contributed by atoms with E-state index in [4.69, 9.17) is 24.9 Å². The van der Waals surface area contributed by atoms with Gasteiger partial charge in [0.15, 0.2) is 10.3 Å². The summed E-state index contributed by atoms with van der Waals surface area (Å²) in [6, 6.07) is 14.4. The van der Waals surface area contributed by atoms with Crippen molar-refractivity contribution < 1.29 is 18.7 Å². The van der Waals surface area contributed by atoms with E-state index in [1.165, 1.54) is 28.7 Å². The summed E-state index contributed by atoms with van der Waals surface area (Å²) in [5.74, 6) is 0.470. The van der Waals surface area contributed by atoms with Gasteiger partial charge in [0.2, 0.25) is 11.8 Å². The van der Waals surface area contributed by atoms with Crippen LogP contribution in [0.2, 0.25) is 0 Å². The molecule has 0 bridgehead atoms. The molecule has 10 rings (SSSR count). The maximum atomic E-state index is 15.4. The minimum Gasteiger partial charge on any atom is -0.379 e. The van der Waals surface area contributed by atoms with Gasteiger partial charge < -0.3 is 26.0 Å². The predicted octanol–water partition coefficient (Wildman–Crippen LogP) is 7.33. The zero-order valence-electron chi connectivity index (χ0n) is 36.1. The quantitative estimate of drug-likeness (QED) is 0.0906. The van der Waals surface area contributed by atoms with E-state index >= 15 is 4.39 Å². The molecule has 334 valence electrons. The third-order valence-electron chi connectivity index (χ3n) is 12.0. The van der Waals surface area contributed by atoms with Crippen LogP contribution in [0.15, 0.2) is 60.9 Å². The van der Waals surface area contributed by atoms with Crippen molar-refractivity contribution >= 4 is 56.4 Å². The molecule has 0 spiro atoms. The van der Waals surface area contributed by atoms with Crippen molar-refractivity contribution in [2.75, 3.05) is 68.2 Å². The number of ether oxygens (including phenoxy) is 1. The minimum absolute atomic E-state index is 0.0440. The topological polar surface area (TPSA) is 182 Å². The number of amides is 2. The van der Waals surface area contributed by atoms with Crippen LogP contribution in [-0.2, 0) is 46.6 Å². The Balaban J connectivity index is 0.855. The Morgan fingerprint density at radius 3 is 1.85 bits per heavy atom. The molecule has 3 aliphatic rings. The summed E-state index contributed by atoms with van der Waals surface area (Å²) in [6.45, 7) is 4.75. The van der Waals surface area contributed by atoms with Gasteiger partial charge in [-0.15, -0.1) is 0 Å². The Labute approximate surface area is 382 Å². The number of pyridine rings is 2. The number of thiazole rings is 2. The maximum Gasteiger partial charge on any atom is 0.226 e. The lowest BCUT2D eigenvalue weighted by molar-refractivity contribution is -0.121. The highest BCUT2D eigenvalue weighted by Gasteiger charge is 2.31. The lowest BCUT2D eigenvalue weighted by Gasteiger charge is -2.26. The van der Waals surface area contributed by atoms with Crippen LogP contribution in [0.4, 0.5) is 26.3 Å². The molecule has 0 saturated carbocycles. The van der Waals surface area contributed by atoms with Gasteiger partial charge in [-0.25, -0.2) is 29.0 Å². The Morgan fingerprint density at radius 1 is 0.708 bits per heavy atom. The van der Waals surface area contributed by atoms with E-state index in [-0.39, 0.29) is 24.7 Å². The second kappa shape index (κ2) is 18.6. The van der Waals surface area contributed by atoms with Crippen LogP contribution in [0.5, 0.6) is 0 Å². The van der Waals surface area contributed by atoms with Gasteiger partial charge in [0.05, 0.1) is 63.7 Å². The second-order valence-electron chi connectivity index (χ2n) is 16.1. The molecule has 1 aromatic carbocycles. The van der Waals surface area contributed by atoms with Crippen molar-refractivity contribution in [2.24, 2.45) is 0 Å². The summed E-state index contributed by atoms with van der Waals surface area (Å²) in [7, 11) is 3.66. The van der Waals surface area contributed by atoms with Crippen LogP contribution >= 0.6 is 22.7 Å². The molecule has 19 heteroatoms. The second-order valence-corrected chi connectivity index (χ2v) is 18.1. The number of rotatable bonds is 13. The average molecular weight is 914 g/mol. The number of hydrogen-bond donors (Lipinski definition) is 4. The molecule has 7 aromatic rings. The van der Waals surface area contributed by atoms with Gasteiger partial charge in [-0.3, -0.25) is 19.2 Å². The molecular formula is C46H48FN13O3S2. The lowest BCUT2D eigenvalue weighted by Crippen LogP contribution is -2.38. The van der Waals surface area contributed by atoms with Crippen LogP contribution in [0, 0.1) is 5.82 Å². The van der Waals surface area contributed by atoms with E-state index in [1.807, 2.05) is 38.5 Å². The van der Waals surface area contributed by atoms with Crippen molar-refractivity contribution in [1.29, 1.82) is 0 Å². The predicted molar refractivity (Wildman–Crippen MR) is 251 cm³/mol. The molecule has 2 amide bonds. The minimum atomic E-state index is -0.405. The zero-order valence-corrected chi connectivity index (χ0v) is 37.8. The lowest BCUT2D eigenvalue weighted by atomic mass is 10.0. The molecule has 1 saturated heterocycles. The number of anilines is 4. The van der Waals surface area contributed by atoms with E-state index in [2.05, 4.69) is 46.9 Å². The van der Waals surface area contributed by atoms with Gasteiger partial charge in [-0.05, 0) is 74.9 Å². The molecule has 65 heavy (non-hydrogen) atoms. The first-order chi connectivity index (χ1) is 31.8. The molecule has 0 atom stereocenters. The molecule has 16 nitrogen and oxygen atoms in total. The SMILES string of the molecule is CNc1ccc(-c2nn(CCN3CCOCC3)c3c2CCCc2nc(NC(=O)CCC(=O)Nc4nc5c(s4)-c4c(c(-c6ccc(NC)nc6)nn4-c4ccccc4F)CCC5)sc2-3)cn1. The highest BCUT2D eigenvalue weighted by Crippen LogP contribution is 2.45. The van der Waals surface area contributed by atoms with Gasteiger partial charge in [0.1, 0.15) is 23.1 Å². The number of hydrogen-bond acceptors (Lipinski definition) is 14. The highest BCUT2D eigenvalue weighted by atomic mass is 32.1. The normalized spacial score (nSPS) is 14.6. The van der Waals surface area contributed by atoms with Crippen LogP contribution in [0.1, 0.15) is 48.2 Å². The zero-order chi connectivity index (χ0) is 44.4. The summed E-state index contributed by atoms with van der Waals surface area (Å²) in [4.78, 5) is 49.9. The molecule has 4 N–H and O–H groups in total. The van der Waals surface area contributed by atoms with E-state index in [9.17, 15) is 9.59 Å². The number of fused-ring (bicyclic) bond motifs is 6. The van der Waals surface area contributed by atoms with Crippen molar-refractivity contribution in [3.8, 4) is 49.3 Å². The third kappa shape index (κ3) is 8.75. The van der Waals surface area contributed by atoms with Crippen LogP contribution in [0.25, 0.3) is 49.3 Å². The first-order valence-electron chi connectivity index (χ1n) is 22.0. The largest absolute Gasteiger partial charge is 0.379 e. The smallest absolute Gasteiger partial charge is 0.226 e.